The van der Waals surface area contributed by atoms with Crippen LogP contribution in [-0.4, -0.2) is 33.2 Å². The van der Waals surface area contributed by atoms with Crippen LogP contribution in [0.15, 0.2) is 49.1 Å². The number of halogens is 3. The number of nitrogens with one attached hydrogen (secondary N) is 2. The van der Waals surface area contributed by atoms with Crippen molar-refractivity contribution in [3.05, 3.63) is 54.6 Å². The summed E-state index contributed by atoms with van der Waals surface area (Å²) in [6, 6.07) is 7.20. The molecule has 0 bridgehead atoms. The van der Waals surface area contributed by atoms with E-state index in [-0.39, 0.29) is 11.8 Å². The van der Waals surface area contributed by atoms with Gasteiger partial charge in [0.25, 0.3) is 0 Å². The van der Waals surface area contributed by atoms with Crippen molar-refractivity contribution < 1.29 is 17.9 Å². The molecule has 7 nitrogen and oxygen atoms in total. The lowest BCUT2D eigenvalue weighted by atomic mass is 10.3. The van der Waals surface area contributed by atoms with Gasteiger partial charge in [-0.15, -0.1) is 0 Å². The largest absolute Gasteiger partial charge is 0.476 e. The summed E-state index contributed by atoms with van der Waals surface area (Å²) in [5, 5.41) is 5.23. The van der Waals surface area contributed by atoms with E-state index in [0.717, 1.165) is 6.20 Å². The summed E-state index contributed by atoms with van der Waals surface area (Å²) < 4.78 is 46.1. The fourth-order valence-electron chi connectivity index (χ4n) is 2.28. The van der Waals surface area contributed by atoms with E-state index < -0.39 is 11.7 Å². The summed E-state index contributed by atoms with van der Waals surface area (Å²) in [6.45, 7) is 1.16. The number of hydrogen-bond acceptors (Lipinski definition) is 6. The molecule has 0 aromatic carbocycles. The third-order valence-electron chi connectivity index (χ3n) is 3.59. The summed E-state index contributed by atoms with van der Waals surface area (Å²) in [4.78, 5) is 11.7. The highest BCUT2D eigenvalue weighted by Gasteiger charge is 2.35. The van der Waals surface area contributed by atoms with Crippen molar-refractivity contribution in [3.63, 3.8) is 0 Å². The number of alkyl halides is 3. The number of pyridine rings is 1. The van der Waals surface area contributed by atoms with E-state index in [1.165, 1.54) is 13.2 Å². The molecule has 10 heteroatoms. The van der Waals surface area contributed by atoms with Crippen molar-refractivity contribution >= 4 is 17.5 Å². The first-order valence-electron chi connectivity index (χ1n) is 8.04. The van der Waals surface area contributed by atoms with Crippen LogP contribution in [0.1, 0.15) is 5.56 Å². The Kier molecular flexibility index (Phi) is 5.43. The Hall–Kier alpha value is -3.30. The van der Waals surface area contributed by atoms with E-state index in [1.807, 2.05) is 29.1 Å². The molecule has 3 rings (SSSR count). The maximum Gasteiger partial charge on any atom is 0.421 e. The lowest BCUT2D eigenvalue weighted by Gasteiger charge is -2.13. The maximum absolute atomic E-state index is 12.9. The van der Waals surface area contributed by atoms with E-state index in [9.17, 15) is 13.2 Å². The molecule has 0 aliphatic rings. The van der Waals surface area contributed by atoms with Crippen LogP contribution in [0.25, 0.3) is 0 Å². The summed E-state index contributed by atoms with van der Waals surface area (Å²) in [5.41, 5.74) is -0.408. The Morgan fingerprint density at radius 2 is 1.89 bits per heavy atom. The Balaban J connectivity index is 1.61. The molecular formula is C17H17F3N6O. The standard InChI is InChI=1S/C17H17F3N6O/c1-21-15-13(17(18,19)20)11-23-16(25-15)24-12-4-5-14(22-10-12)27-9-8-26-6-2-3-7-26/h2-7,10-11H,8-9H2,1H3,(H2,21,23,24,25). The smallest absolute Gasteiger partial charge is 0.421 e. The van der Waals surface area contributed by atoms with Crippen LogP contribution in [-0.2, 0) is 12.7 Å². The van der Waals surface area contributed by atoms with Crippen LogP contribution in [0.3, 0.4) is 0 Å². The molecule has 0 amide bonds. The van der Waals surface area contributed by atoms with Crippen molar-refractivity contribution in [2.45, 2.75) is 12.7 Å². The molecule has 0 atom stereocenters. The fourth-order valence-corrected chi connectivity index (χ4v) is 2.28. The van der Waals surface area contributed by atoms with Gasteiger partial charge in [0.05, 0.1) is 18.4 Å². The first-order chi connectivity index (χ1) is 13.0. The first kappa shape index (κ1) is 18.5. The molecule has 0 unspecified atom stereocenters. The zero-order chi connectivity index (χ0) is 19.3. The van der Waals surface area contributed by atoms with E-state index in [2.05, 4.69) is 25.6 Å². The van der Waals surface area contributed by atoms with Gasteiger partial charge in [-0.1, -0.05) is 0 Å². The minimum atomic E-state index is -4.53. The van der Waals surface area contributed by atoms with Crippen LogP contribution < -0.4 is 15.4 Å². The first-order valence-corrected chi connectivity index (χ1v) is 8.04. The number of nitrogens with zero attached hydrogens (tertiary/aromatic N) is 4. The molecule has 0 aliphatic heterocycles. The monoisotopic (exact) mass is 378 g/mol. The number of hydrogen-bond donors (Lipinski definition) is 2. The highest BCUT2D eigenvalue weighted by Crippen LogP contribution is 2.33. The third-order valence-corrected chi connectivity index (χ3v) is 3.59. The van der Waals surface area contributed by atoms with Gasteiger partial charge >= 0.3 is 6.18 Å². The van der Waals surface area contributed by atoms with Crippen molar-refractivity contribution in [3.8, 4) is 5.88 Å². The second-order valence-corrected chi connectivity index (χ2v) is 5.48. The van der Waals surface area contributed by atoms with Crippen LogP contribution in [0, 0.1) is 0 Å². The highest BCUT2D eigenvalue weighted by atomic mass is 19.4. The summed E-state index contributed by atoms with van der Waals surface area (Å²) in [5.74, 6) is 0.158. The van der Waals surface area contributed by atoms with Crippen LogP contribution in [0.4, 0.5) is 30.6 Å². The molecule has 3 aromatic heterocycles. The molecule has 3 aromatic rings. The zero-order valence-electron chi connectivity index (χ0n) is 14.4. The average Bonchev–Trinajstić information content (AvgIpc) is 3.15. The van der Waals surface area contributed by atoms with Gasteiger partial charge in [0, 0.05) is 31.7 Å². The number of aromatic nitrogens is 4. The molecular weight excluding hydrogens is 361 g/mol. The molecule has 27 heavy (non-hydrogen) atoms. The van der Waals surface area contributed by atoms with Gasteiger partial charge in [0.1, 0.15) is 18.0 Å². The molecule has 0 radical (unpaired) electrons. The van der Waals surface area contributed by atoms with Gasteiger partial charge in [-0.05, 0) is 18.2 Å². The summed E-state index contributed by atoms with van der Waals surface area (Å²) >= 11 is 0. The maximum atomic E-state index is 12.9. The quantitative estimate of drug-likeness (QED) is 0.655. The summed E-state index contributed by atoms with van der Waals surface area (Å²) in [6.07, 6.45) is 1.57. The minimum absolute atomic E-state index is 0.0235. The predicted octanol–water partition coefficient (Wildman–Crippen LogP) is 3.56. The number of anilines is 3. The highest BCUT2D eigenvalue weighted by molar-refractivity contribution is 5.56. The predicted molar refractivity (Wildman–Crippen MR) is 94.0 cm³/mol. The Morgan fingerprint density at radius 1 is 1.11 bits per heavy atom. The van der Waals surface area contributed by atoms with Crippen LogP contribution >= 0.6 is 0 Å². The molecule has 0 spiro atoms. The fraction of sp³-hybridized carbons (Fsp3) is 0.235. The van der Waals surface area contributed by atoms with Crippen molar-refractivity contribution in [2.75, 3.05) is 24.3 Å². The topological polar surface area (TPSA) is 76.9 Å². The molecule has 142 valence electrons. The molecule has 0 saturated carbocycles. The Labute approximate surface area is 153 Å². The average molecular weight is 378 g/mol. The van der Waals surface area contributed by atoms with E-state index in [1.54, 1.807) is 12.1 Å². The molecule has 0 fully saturated rings. The van der Waals surface area contributed by atoms with E-state index in [4.69, 9.17) is 4.74 Å². The SMILES string of the molecule is CNc1nc(Nc2ccc(OCCn3cccc3)nc2)ncc1C(F)(F)F. The van der Waals surface area contributed by atoms with Crippen molar-refractivity contribution in [1.82, 2.24) is 19.5 Å². The van der Waals surface area contributed by atoms with Crippen LogP contribution in [0.2, 0.25) is 0 Å². The summed E-state index contributed by atoms with van der Waals surface area (Å²) in [7, 11) is 1.36. The second-order valence-electron chi connectivity index (χ2n) is 5.48. The lowest BCUT2D eigenvalue weighted by Crippen LogP contribution is -2.12. The zero-order valence-corrected chi connectivity index (χ0v) is 14.4. The van der Waals surface area contributed by atoms with Crippen LogP contribution in [0.5, 0.6) is 5.88 Å². The van der Waals surface area contributed by atoms with E-state index in [0.29, 0.717) is 24.7 Å². The second kappa shape index (κ2) is 7.94. The van der Waals surface area contributed by atoms with Crippen molar-refractivity contribution in [1.29, 1.82) is 0 Å². The Morgan fingerprint density at radius 3 is 2.52 bits per heavy atom. The number of rotatable bonds is 7. The van der Waals surface area contributed by atoms with Crippen molar-refractivity contribution in [2.24, 2.45) is 0 Å². The number of ether oxygens (including phenoxy) is 1. The lowest BCUT2D eigenvalue weighted by molar-refractivity contribution is -0.137. The normalized spacial score (nSPS) is 11.3. The molecule has 0 saturated heterocycles. The molecule has 0 aliphatic carbocycles. The van der Waals surface area contributed by atoms with Gasteiger partial charge in [-0.2, -0.15) is 18.2 Å². The van der Waals surface area contributed by atoms with E-state index >= 15 is 0 Å². The van der Waals surface area contributed by atoms with Gasteiger partial charge < -0.3 is 19.9 Å². The molecule has 2 N–H and O–H groups in total. The Bertz CT molecular complexity index is 865. The van der Waals surface area contributed by atoms with Gasteiger partial charge in [0.2, 0.25) is 11.8 Å². The van der Waals surface area contributed by atoms with Gasteiger partial charge in [0.15, 0.2) is 0 Å². The minimum Gasteiger partial charge on any atom is -0.476 e. The van der Waals surface area contributed by atoms with Gasteiger partial charge in [-0.3, -0.25) is 0 Å². The molecule has 3 heterocycles. The third kappa shape index (κ3) is 4.87. The van der Waals surface area contributed by atoms with Gasteiger partial charge in [-0.25, -0.2) is 9.97 Å².